The quantitative estimate of drug-likeness (QED) is 0.848. The van der Waals surface area contributed by atoms with E-state index < -0.39 is 5.97 Å². The standard InChI is InChI=1S/C16H25NO3/c1-4-7-12-13(14(18)19)20-15(17-12)16(10-11(2)3)8-5-6-9-16/h11H,4-10H2,1-3H3,(H,18,19). The number of carboxylic acids is 1. The second-order valence-electron chi connectivity index (χ2n) is 6.44. The van der Waals surface area contributed by atoms with E-state index in [2.05, 4.69) is 18.8 Å². The molecule has 1 aliphatic rings. The van der Waals surface area contributed by atoms with Crippen molar-refractivity contribution in [2.24, 2.45) is 5.92 Å². The molecule has 20 heavy (non-hydrogen) atoms. The third-order valence-electron chi connectivity index (χ3n) is 4.19. The molecule has 0 aliphatic heterocycles. The summed E-state index contributed by atoms with van der Waals surface area (Å²) in [6, 6.07) is 0. The fraction of sp³-hybridized carbons (Fsp3) is 0.750. The topological polar surface area (TPSA) is 63.3 Å². The molecule has 2 rings (SSSR count). The van der Waals surface area contributed by atoms with Crippen molar-refractivity contribution in [1.29, 1.82) is 0 Å². The minimum atomic E-state index is -0.995. The van der Waals surface area contributed by atoms with Crippen LogP contribution in [0.15, 0.2) is 4.42 Å². The molecule has 0 bridgehead atoms. The SMILES string of the molecule is CCCc1nc(C2(CC(C)C)CCCC2)oc1C(=O)O. The Balaban J connectivity index is 2.38. The summed E-state index contributed by atoms with van der Waals surface area (Å²) < 4.78 is 5.71. The van der Waals surface area contributed by atoms with Gasteiger partial charge in [0.05, 0.1) is 5.69 Å². The summed E-state index contributed by atoms with van der Waals surface area (Å²) in [5.41, 5.74) is 0.578. The summed E-state index contributed by atoms with van der Waals surface area (Å²) in [7, 11) is 0. The lowest BCUT2D eigenvalue weighted by molar-refractivity contribution is 0.0655. The smallest absolute Gasteiger partial charge is 0.373 e. The molecule has 0 unspecified atom stereocenters. The van der Waals surface area contributed by atoms with Gasteiger partial charge in [-0.25, -0.2) is 9.78 Å². The maximum atomic E-state index is 11.3. The first kappa shape index (κ1) is 15.1. The summed E-state index contributed by atoms with van der Waals surface area (Å²) in [6.45, 7) is 6.43. The zero-order valence-corrected chi connectivity index (χ0v) is 12.7. The van der Waals surface area contributed by atoms with E-state index in [1.54, 1.807) is 0 Å². The Morgan fingerprint density at radius 3 is 2.55 bits per heavy atom. The van der Waals surface area contributed by atoms with Gasteiger partial charge in [0.1, 0.15) is 0 Å². The van der Waals surface area contributed by atoms with Gasteiger partial charge in [-0.2, -0.15) is 0 Å². The van der Waals surface area contributed by atoms with Crippen molar-refractivity contribution in [3.05, 3.63) is 17.3 Å². The maximum absolute atomic E-state index is 11.3. The molecule has 1 saturated carbocycles. The van der Waals surface area contributed by atoms with E-state index in [-0.39, 0.29) is 11.2 Å². The van der Waals surface area contributed by atoms with Crippen molar-refractivity contribution in [2.75, 3.05) is 0 Å². The van der Waals surface area contributed by atoms with Gasteiger partial charge in [-0.1, -0.05) is 40.0 Å². The predicted octanol–water partition coefficient (Wildman–Crippen LogP) is 4.18. The Bertz CT molecular complexity index is 470. The molecule has 1 aromatic heterocycles. The van der Waals surface area contributed by atoms with Crippen molar-refractivity contribution in [1.82, 2.24) is 4.98 Å². The molecule has 1 N–H and O–H groups in total. The van der Waals surface area contributed by atoms with Crippen LogP contribution in [0.3, 0.4) is 0 Å². The van der Waals surface area contributed by atoms with Crippen LogP contribution in [0.4, 0.5) is 0 Å². The molecule has 0 saturated heterocycles. The molecule has 0 radical (unpaired) electrons. The zero-order chi connectivity index (χ0) is 14.8. The summed E-state index contributed by atoms with van der Waals surface area (Å²) >= 11 is 0. The number of rotatable bonds is 6. The number of carboxylic acid groups (broad SMARTS) is 1. The van der Waals surface area contributed by atoms with Crippen LogP contribution in [0.1, 0.15) is 81.4 Å². The highest BCUT2D eigenvalue weighted by Crippen LogP contribution is 2.45. The van der Waals surface area contributed by atoms with Crippen LogP contribution in [0.5, 0.6) is 0 Å². The molecule has 1 fully saturated rings. The van der Waals surface area contributed by atoms with Gasteiger partial charge in [0.15, 0.2) is 0 Å². The van der Waals surface area contributed by atoms with Gasteiger partial charge in [-0.3, -0.25) is 0 Å². The lowest BCUT2D eigenvalue weighted by atomic mass is 9.78. The molecule has 4 heteroatoms. The number of hydrogen-bond acceptors (Lipinski definition) is 3. The van der Waals surface area contributed by atoms with E-state index >= 15 is 0 Å². The number of aromatic carboxylic acids is 1. The van der Waals surface area contributed by atoms with Gasteiger partial charge < -0.3 is 9.52 Å². The molecule has 0 atom stereocenters. The first-order chi connectivity index (χ1) is 9.48. The number of oxazole rings is 1. The summed E-state index contributed by atoms with van der Waals surface area (Å²) in [6.07, 6.45) is 7.07. The minimum absolute atomic E-state index is 0.0373. The largest absolute Gasteiger partial charge is 0.475 e. The van der Waals surface area contributed by atoms with Gasteiger partial charge in [-0.05, 0) is 31.6 Å². The van der Waals surface area contributed by atoms with E-state index in [9.17, 15) is 9.90 Å². The molecule has 0 amide bonds. The molecule has 0 spiro atoms. The Morgan fingerprint density at radius 2 is 2.05 bits per heavy atom. The summed E-state index contributed by atoms with van der Waals surface area (Å²) in [4.78, 5) is 15.9. The van der Waals surface area contributed by atoms with E-state index in [0.29, 0.717) is 23.9 Å². The first-order valence-corrected chi connectivity index (χ1v) is 7.72. The van der Waals surface area contributed by atoms with Gasteiger partial charge >= 0.3 is 5.97 Å². The molecule has 112 valence electrons. The molecular formula is C16H25NO3. The van der Waals surface area contributed by atoms with Crippen LogP contribution in [-0.2, 0) is 11.8 Å². The fourth-order valence-electron chi connectivity index (χ4n) is 3.49. The monoisotopic (exact) mass is 279 g/mol. The number of hydrogen-bond donors (Lipinski definition) is 1. The molecule has 4 nitrogen and oxygen atoms in total. The number of nitrogens with zero attached hydrogens (tertiary/aromatic N) is 1. The van der Waals surface area contributed by atoms with Crippen molar-refractivity contribution < 1.29 is 14.3 Å². The summed E-state index contributed by atoms with van der Waals surface area (Å²) in [5, 5.41) is 9.28. The highest BCUT2D eigenvalue weighted by Gasteiger charge is 2.41. The first-order valence-electron chi connectivity index (χ1n) is 7.72. The molecule has 1 aromatic rings. The van der Waals surface area contributed by atoms with Crippen molar-refractivity contribution in [3.8, 4) is 0 Å². The highest BCUT2D eigenvalue weighted by molar-refractivity contribution is 5.85. The van der Waals surface area contributed by atoms with E-state index in [1.165, 1.54) is 12.8 Å². The zero-order valence-electron chi connectivity index (χ0n) is 12.7. The van der Waals surface area contributed by atoms with Crippen LogP contribution in [0.25, 0.3) is 0 Å². The van der Waals surface area contributed by atoms with E-state index in [4.69, 9.17) is 4.42 Å². The van der Waals surface area contributed by atoms with Crippen LogP contribution >= 0.6 is 0 Å². The fourth-order valence-corrected chi connectivity index (χ4v) is 3.49. The normalized spacial score (nSPS) is 17.8. The number of carbonyl (C=O) groups is 1. The molecular weight excluding hydrogens is 254 g/mol. The third kappa shape index (κ3) is 2.89. The second-order valence-corrected chi connectivity index (χ2v) is 6.44. The second kappa shape index (κ2) is 5.98. The highest BCUT2D eigenvalue weighted by atomic mass is 16.4. The Labute approximate surface area is 120 Å². The van der Waals surface area contributed by atoms with Crippen LogP contribution in [0.2, 0.25) is 0 Å². The van der Waals surface area contributed by atoms with Crippen molar-refractivity contribution in [2.45, 2.75) is 71.1 Å². The lowest BCUT2D eigenvalue weighted by Gasteiger charge is -2.27. The van der Waals surface area contributed by atoms with E-state index in [0.717, 1.165) is 25.7 Å². The average molecular weight is 279 g/mol. The Kier molecular flexibility index (Phi) is 4.51. The van der Waals surface area contributed by atoms with Crippen molar-refractivity contribution in [3.63, 3.8) is 0 Å². The predicted molar refractivity (Wildman–Crippen MR) is 77.1 cm³/mol. The maximum Gasteiger partial charge on any atom is 0.373 e. The van der Waals surface area contributed by atoms with Crippen LogP contribution in [-0.4, -0.2) is 16.1 Å². The van der Waals surface area contributed by atoms with Gasteiger partial charge in [0.2, 0.25) is 11.7 Å². The molecule has 1 heterocycles. The minimum Gasteiger partial charge on any atom is -0.475 e. The average Bonchev–Trinajstić information content (AvgIpc) is 2.96. The Morgan fingerprint density at radius 1 is 1.40 bits per heavy atom. The van der Waals surface area contributed by atoms with Crippen LogP contribution in [0, 0.1) is 5.92 Å². The van der Waals surface area contributed by atoms with Gasteiger partial charge in [-0.15, -0.1) is 0 Å². The lowest BCUT2D eigenvalue weighted by Crippen LogP contribution is -2.24. The molecule has 1 aliphatic carbocycles. The van der Waals surface area contributed by atoms with Gasteiger partial charge in [0.25, 0.3) is 0 Å². The number of aromatic nitrogens is 1. The number of aryl methyl sites for hydroxylation is 1. The molecule has 0 aromatic carbocycles. The van der Waals surface area contributed by atoms with Crippen LogP contribution < -0.4 is 0 Å². The van der Waals surface area contributed by atoms with Crippen molar-refractivity contribution >= 4 is 5.97 Å². The summed E-state index contributed by atoms with van der Waals surface area (Å²) in [5.74, 6) is 0.286. The van der Waals surface area contributed by atoms with E-state index in [1.807, 2.05) is 6.92 Å². The third-order valence-corrected chi connectivity index (χ3v) is 4.19. The Hall–Kier alpha value is -1.32. The van der Waals surface area contributed by atoms with Gasteiger partial charge in [0, 0.05) is 5.41 Å².